The predicted octanol–water partition coefficient (Wildman–Crippen LogP) is 2.02. The minimum atomic E-state index is -0.772. The lowest BCUT2D eigenvalue weighted by Gasteiger charge is -2.47. The number of rotatable bonds is 1. The summed E-state index contributed by atoms with van der Waals surface area (Å²) in [5.74, 6) is -0.278. The average molecular weight is 304 g/mol. The standard InChI is InChI=1S/C17H20O5/c1-8-12-7-17(4)9(2)15(19)14(21-10(3)18)6-11(17)5-13(12)22-16(8)20/h5-6,9,14-15,19H,7H2,1-4H3/t9-,14-,15+,17+/m0/s1. The molecule has 0 aromatic heterocycles. The lowest BCUT2D eigenvalue weighted by Crippen LogP contribution is -2.48. The van der Waals surface area contributed by atoms with Crippen LogP contribution < -0.4 is 0 Å². The number of aliphatic hydroxyl groups is 1. The number of aliphatic hydroxyl groups excluding tert-OH is 1. The molecule has 1 N–H and O–H groups in total. The van der Waals surface area contributed by atoms with Crippen molar-refractivity contribution in [3.63, 3.8) is 0 Å². The van der Waals surface area contributed by atoms with Crippen LogP contribution in [0.25, 0.3) is 0 Å². The van der Waals surface area contributed by atoms with Gasteiger partial charge in [-0.15, -0.1) is 0 Å². The first-order valence-electron chi connectivity index (χ1n) is 7.45. The molecule has 118 valence electrons. The van der Waals surface area contributed by atoms with Crippen molar-refractivity contribution in [1.82, 2.24) is 0 Å². The molecule has 1 heterocycles. The summed E-state index contributed by atoms with van der Waals surface area (Å²) in [6.45, 7) is 7.10. The van der Waals surface area contributed by atoms with Crippen LogP contribution in [0.15, 0.2) is 34.6 Å². The van der Waals surface area contributed by atoms with Crippen molar-refractivity contribution >= 4 is 11.9 Å². The fourth-order valence-corrected chi connectivity index (χ4v) is 3.55. The Balaban J connectivity index is 2.08. The number of esters is 2. The second kappa shape index (κ2) is 4.81. The van der Waals surface area contributed by atoms with E-state index < -0.39 is 18.2 Å². The number of fused-ring (bicyclic) bond motifs is 2. The molecule has 4 atom stereocenters. The highest BCUT2D eigenvalue weighted by Crippen LogP contribution is 2.53. The third kappa shape index (κ3) is 2.03. The van der Waals surface area contributed by atoms with Gasteiger partial charge in [0.05, 0.1) is 6.10 Å². The summed E-state index contributed by atoms with van der Waals surface area (Å²) in [7, 11) is 0. The highest BCUT2D eigenvalue weighted by molar-refractivity contribution is 5.94. The lowest BCUT2D eigenvalue weighted by atomic mass is 9.60. The fraction of sp³-hybridized carbons (Fsp3) is 0.529. The molecule has 0 saturated heterocycles. The Bertz CT molecular complexity index is 654. The SMILES string of the molecule is CC(=O)O[C@H]1C=C2C=C3OC(=O)C(C)=C3C[C@]2(C)[C@@H](C)[C@H]1O. The van der Waals surface area contributed by atoms with Crippen molar-refractivity contribution in [3.05, 3.63) is 34.6 Å². The van der Waals surface area contributed by atoms with Crippen LogP contribution in [-0.2, 0) is 19.1 Å². The van der Waals surface area contributed by atoms with Crippen molar-refractivity contribution < 1.29 is 24.2 Å². The third-order valence-corrected chi connectivity index (χ3v) is 5.25. The van der Waals surface area contributed by atoms with E-state index >= 15 is 0 Å². The Morgan fingerprint density at radius 1 is 1.50 bits per heavy atom. The zero-order chi connectivity index (χ0) is 16.2. The topological polar surface area (TPSA) is 72.8 Å². The molecule has 22 heavy (non-hydrogen) atoms. The van der Waals surface area contributed by atoms with Crippen LogP contribution in [0.2, 0.25) is 0 Å². The van der Waals surface area contributed by atoms with Gasteiger partial charge in [0.1, 0.15) is 11.9 Å². The molecule has 5 heteroatoms. The van der Waals surface area contributed by atoms with Gasteiger partial charge in [-0.1, -0.05) is 13.8 Å². The van der Waals surface area contributed by atoms with Crippen molar-refractivity contribution in [2.45, 2.75) is 46.3 Å². The first-order chi connectivity index (χ1) is 10.2. The van der Waals surface area contributed by atoms with E-state index in [1.807, 2.05) is 13.0 Å². The highest BCUT2D eigenvalue weighted by atomic mass is 16.6. The number of ether oxygens (including phenoxy) is 2. The molecule has 0 fully saturated rings. The first-order valence-corrected chi connectivity index (χ1v) is 7.45. The van der Waals surface area contributed by atoms with Crippen LogP contribution in [0.1, 0.15) is 34.1 Å². The zero-order valence-electron chi connectivity index (χ0n) is 13.2. The Kier molecular flexibility index (Phi) is 3.29. The number of hydrogen-bond donors (Lipinski definition) is 1. The second-order valence-electron chi connectivity index (χ2n) is 6.57. The molecule has 0 aromatic carbocycles. The molecule has 2 aliphatic carbocycles. The summed E-state index contributed by atoms with van der Waals surface area (Å²) < 4.78 is 10.5. The largest absolute Gasteiger partial charge is 0.456 e. The number of carbonyl (C=O) groups excluding carboxylic acids is 2. The average Bonchev–Trinajstić information content (AvgIpc) is 2.70. The summed E-state index contributed by atoms with van der Waals surface area (Å²) in [6.07, 6.45) is 2.80. The maximum atomic E-state index is 11.7. The minimum absolute atomic E-state index is 0.120. The molecule has 3 aliphatic rings. The molecular weight excluding hydrogens is 284 g/mol. The van der Waals surface area contributed by atoms with Gasteiger partial charge in [-0.3, -0.25) is 4.79 Å². The van der Waals surface area contributed by atoms with Gasteiger partial charge in [0.15, 0.2) is 0 Å². The van der Waals surface area contributed by atoms with Crippen LogP contribution in [0.4, 0.5) is 0 Å². The third-order valence-electron chi connectivity index (χ3n) is 5.25. The van der Waals surface area contributed by atoms with Crippen LogP contribution in [0.3, 0.4) is 0 Å². The number of hydrogen-bond acceptors (Lipinski definition) is 5. The molecular formula is C17H20O5. The zero-order valence-corrected chi connectivity index (χ0v) is 13.2. The van der Waals surface area contributed by atoms with Gasteiger partial charge in [-0.25, -0.2) is 4.79 Å². The molecule has 0 aromatic rings. The quantitative estimate of drug-likeness (QED) is 0.750. The molecule has 3 rings (SSSR count). The van der Waals surface area contributed by atoms with Crippen molar-refractivity contribution in [3.8, 4) is 0 Å². The summed E-state index contributed by atoms with van der Waals surface area (Å²) in [5.41, 5.74) is 2.17. The molecule has 1 aliphatic heterocycles. The maximum absolute atomic E-state index is 11.7. The van der Waals surface area contributed by atoms with Crippen LogP contribution in [0, 0.1) is 11.3 Å². The van der Waals surface area contributed by atoms with E-state index in [-0.39, 0.29) is 17.3 Å². The van der Waals surface area contributed by atoms with E-state index in [0.717, 1.165) is 11.1 Å². The minimum Gasteiger partial charge on any atom is -0.456 e. The molecule has 0 amide bonds. The van der Waals surface area contributed by atoms with E-state index in [1.165, 1.54) is 6.92 Å². The van der Waals surface area contributed by atoms with E-state index in [4.69, 9.17) is 9.47 Å². The van der Waals surface area contributed by atoms with E-state index in [1.54, 1.807) is 13.0 Å². The Hall–Kier alpha value is -1.88. The molecule has 0 saturated carbocycles. The normalized spacial score (nSPS) is 37.0. The Morgan fingerprint density at radius 2 is 2.18 bits per heavy atom. The van der Waals surface area contributed by atoms with Gasteiger partial charge in [0.2, 0.25) is 0 Å². The highest BCUT2D eigenvalue weighted by Gasteiger charge is 2.49. The van der Waals surface area contributed by atoms with Gasteiger partial charge in [-0.2, -0.15) is 0 Å². The lowest BCUT2D eigenvalue weighted by molar-refractivity contribution is -0.153. The Morgan fingerprint density at radius 3 is 2.82 bits per heavy atom. The van der Waals surface area contributed by atoms with Crippen molar-refractivity contribution in [2.75, 3.05) is 0 Å². The van der Waals surface area contributed by atoms with Gasteiger partial charge in [0, 0.05) is 23.5 Å². The van der Waals surface area contributed by atoms with E-state index in [9.17, 15) is 14.7 Å². The number of carbonyl (C=O) groups is 2. The van der Waals surface area contributed by atoms with E-state index in [0.29, 0.717) is 17.8 Å². The van der Waals surface area contributed by atoms with Gasteiger partial charge in [-0.05, 0) is 37.0 Å². The molecule has 0 unspecified atom stereocenters. The summed E-state index contributed by atoms with van der Waals surface area (Å²) >= 11 is 0. The molecule has 0 spiro atoms. The van der Waals surface area contributed by atoms with Crippen molar-refractivity contribution in [1.29, 1.82) is 0 Å². The van der Waals surface area contributed by atoms with Crippen LogP contribution in [-0.4, -0.2) is 29.3 Å². The van der Waals surface area contributed by atoms with E-state index in [2.05, 4.69) is 6.92 Å². The summed E-state index contributed by atoms with van der Waals surface area (Å²) in [4.78, 5) is 23.0. The van der Waals surface area contributed by atoms with Gasteiger partial charge < -0.3 is 14.6 Å². The summed E-state index contributed by atoms with van der Waals surface area (Å²) in [5, 5.41) is 10.5. The monoisotopic (exact) mass is 304 g/mol. The smallest absolute Gasteiger partial charge is 0.339 e. The first kappa shape index (κ1) is 15.0. The van der Waals surface area contributed by atoms with Crippen LogP contribution in [0.5, 0.6) is 0 Å². The van der Waals surface area contributed by atoms with Crippen LogP contribution >= 0.6 is 0 Å². The van der Waals surface area contributed by atoms with Crippen molar-refractivity contribution in [2.24, 2.45) is 11.3 Å². The predicted molar refractivity (Wildman–Crippen MR) is 78.4 cm³/mol. The second-order valence-corrected chi connectivity index (χ2v) is 6.57. The van der Waals surface area contributed by atoms with Gasteiger partial charge in [0.25, 0.3) is 0 Å². The summed E-state index contributed by atoms with van der Waals surface area (Å²) in [6, 6.07) is 0. The molecule has 5 nitrogen and oxygen atoms in total. The number of allylic oxidation sites excluding steroid dienone is 3. The maximum Gasteiger partial charge on any atom is 0.339 e. The molecule has 0 radical (unpaired) electrons. The Labute approximate surface area is 129 Å². The fourth-order valence-electron chi connectivity index (χ4n) is 3.55. The van der Waals surface area contributed by atoms with Gasteiger partial charge >= 0.3 is 11.9 Å². The molecule has 0 bridgehead atoms.